The van der Waals surface area contributed by atoms with Gasteiger partial charge in [-0.05, 0) is 72.9 Å². The Morgan fingerprint density at radius 3 is 2.47 bits per heavy atom. The lowest BCUT2D eigenvalue weighted by atomic mass is 9.97. The Balaban J connectivity index is 2.22. The number of nitrogens with zero attached hydrogens (tertiary/aromatic N) is 3. The number of hydrogen-bond acceptors (Lipinski definition) is 4. The highest BCUT2D eigenvalue weighted by Gasteiger charge is 2.23. The Morgan fingerprint density at radius 1 is 1.37 bits per heavy atom. The standard InChI is InChI=1S/C15H30N4/c1-5-17-15(2,13-16)9-6-10-19-11-7-14(8-12-19)18(3)4/h14,17H,5-12H2,1-4H3. The van der Waals surface area contributed by atoms with E-state index in [0.29, 0.717) is 0 Å². The van der Waals surface area contributed by atoms with E-state index in [1.54, 1.807) is 0 Å². The van der Waals surface area contributed by atoms with Crippen LogP contribution in [0, 0.1) is 11.3 Å². The third kappa shape index (κ3) is 5.48. The fourth-order valence-corrected chi connectivity index (χ4v) is 2.89. The van der Waals surface area contributed by atoms with Gasteiger partial charge in [-0.15, -0.1) is 0 Å². The Hall–Kier alpha value is -0.630. The van der Waals surface area contributed by atoms with Crippen LogP contribution in [0.4, 0.5) is 0 Å². The molecular formula is C15H30N4. The van der Waals surface area contributed by atoms with Crippen molar-refractivity contribution in [2.24, 2.45) is 0 Å². The molecule has 1 rings (SSSR count). The van der Waals surface area contributed by atoms with Crippen LogP contribution in [-0.2, 0) is 0 Å². The third-order valence-corrected chi connectivity index (χ3v) is 4.25. The number of likely N-dealkylation sites (tertiary alicyclic amines) is 1. The molecule has 1 N–H and O–H groups in total. The van der Waals surface area contributed by atoms with Crippen LogP contribution in [-0.4, -0.2) is 61.7 Å². The van der Waals surface area contributed by atoms with Crippen LogP contribution in [0.25, 0.3) is 0 Å². The number of rotatable bonds is 7. The molecule has 1 aliphatic heterocycles. The topological polar surface area (TPSA) is 42.3 Å². The van der Waals surface area contributed by atoms with E-state index in [2.05, 4.69) is 42.2 Å². The van der Waals surface area contributed by atoms with Gasteiger partial charge in [0, 0.05) is 6.04 Å². The molecule has 1 aliphatic rings. The predicted octanol–water partition coefficient (Wildman–Crippen LogP) is 1.68. The van der Waals surface area contributed by atoms with E-state index in [-0.39, 0.29) is 5.54 Å². The number of piperidine rings is 1. The maximum Gasteiger partial charge on any atom is 0.103 e. The summed E-state index contributed by atoms with van der Waals surface area (Å²) in [4.78, 5) is 4.89. The van der Waals surface area contributed by atoms with E-state index in [9.17, 15) is 5.26 Å². The zero-order valence-corrected chi connectivity index (χ0v) is 13.1. The molecule has 0 bridgehead atoms. The van der Waals surface area contributed by atoms with Gasteiger partial charge in [0.25, 0.3) is 0 Å². The van der Waals surface area contributed by atoms with Gasteiger partial charge >= 0.3 is 0 Å². The molecule has 1 atom stereocenters. The first-order valence-electron chi connectivity index (χ1n) is 7.56. The Kier molecular flexibility index (Phi) is 6.78. The smallest absolute Gasteiger partial charge is 0.103 e. The SMILES string of the molecule is CCNC(C)(C#N)CCCN1CCC(N(C)C)CC1. The second-order valence-corrected chi connectivity index (χ2v) is 6.11. The normalized spacial score (nSPS) is 21.3. The minimum Gasteiger partial charge on any atom is -0.306 e. The minimum atomic E-state index is -0.350. The zero-order chi connectivity index (χ0) is 14.3. The van der Waals surface area contributed by atoms with E-state index in [1.807, 2.05) is 6.92 Å². The number of nitrogens with one attached hydrogen (secondary N) is 1. The van der Waals surface area contributed by atoms with Gasteiger partial charge in [0.2, 0.25) is 0 Å². The maximum absolute atomic E-state index is 9.22. The molecule has 0 aromatic heterocycles. The minimum absolute atomic E-state index is 0.350. The summed E-state index contributed by atoms with van der Waals surface area (Å²) in [5, 5.41) is 12.5. The summed E-state index contributed by atoms with van der Waals surface area (Å²) >= 11 is 0. The summed E-state index contributed by atoms with van der Waals surface area (Å²) in [6, 6.07) is 3.15. The lowest BCUT2D eigenvalue weighted by Gasteiger charge is -2.35. The van der Waals surface area contributed by atoms with Crippen LogP contribution < -0.4 is 5.32 Å². The first-order valence-corrected chi connectivity index (χ1v) is 7.56. The van der Waals surface area contributed by atoms with Gasteiger partial charge < -0.3 is 9.80 Å². The molecular weight excluding hydrogens is 236 g/mol. The summed E-state index contributed by atoms with van der Waals surface area (Å²) in [5.41, 5.74) is -0.350. The van der Waals surface area contributed by atoms with Crippen LogP contribution in [0.3, 0.4) is 0 Å². The Bertz CT molecular complexity index is 289. The number of hydrogen-bond donors (Lipinski definition) is 1. The second-order valence-electron chi connectivity index (χ2n) is 6.11. The van der Waals surface area contributed by atoms with Crippen LogP contribution in [0.5, 0.6) is 0 Å². The van der Waals surface area contributed by atoms with Crippen molar-refractivity contribution in [2.45, 2.75) is 51.1 Å². The van der Waals surface area contributed by atoms with Crippen molar-refractivity contribution in [2.75, 3.05) is 40.3 Å². The van der Waals surface area contributed by atoms with Crippen molar-refractivity contribution >= 4 is 0 Å². The lowest BCUT2D eigenvalue weighted by Crippen LogP contribution is -2.44. The summed E-state index contributed by atoms with van der Waals surface area (Å²) in [6.45, 7) is 8.46. The Labute approximate surface area is 118 Å². The van der Waals surface area contributed by atoms with Crippen molar-refractivity contribution in [1.82, 2.24) is 15.1 Å². The van der Waals surface area contributed by atoms with E-state index < -0.39 is 0 Å². The Morgan fingerprint density at radius 2 is 2.00 bits per heavy atom. The average Bonchev–Trinajstić information content (AvgIpc) is 2.39. The van der Waals surface area contributed by atoms with Gasteiger partial charge in [0.1, 0.15) is 5.54 Å². The highest BCUT2D eigenvalue weighted by Crippen LogP contribution is 2.16. The monoisotopic (exact) mass is 266 g/mol. The van der Waals surface area contributed by atoms with Gasteiger partial charge in [-0.2, -0.15) is 5.26 Å². The van der Waals surface area contributed by atoms with Crippen molar-refractivity contribution in [3.8, 4) is 6.07 Å². The molecule has 0 radical (unpaired) electrons. The molecule has 0 aromatic rings. The van der Waals surface area contributed by atoms with Gasteiger partial charge in [-0.25, -0.2) is 0 Å². The largest absolute Gasteiger partial charge is 0.306 e. The summed E-state index contributed by atoms with van der Waals surface area (Å²) in [6.07, 6.45) is 4.58. The van der Waals surface area contributed by atoms with Gasteiger partial charge in [0.15, 0.2) is 0 Å². The quantitative estimate of drug-likeness (QED) is 0.761. The van der Waals surface area contributed by atoms with Crippen molar-refractivity contribution in [3.05, 3.63) is 0 Å². The molecule has 110 valence electrons. The molecule has 0 aromatic carbocycles. The lowest BCUT2D eigenvalue weighted by molar-refractivity contribution is 0.141. The fraction of sp³-hybridized carbons (Fsp3) is 0.933. The molecule has 1 fully saturated rings. The van der Waals surface area contributed by atoms with Crippen molar-refractivity contribution in [3.63, 3.8) is 0 Å². The molecule has 4 nitrogen and oxygen atoms in total. The molecule has 1 saturated heterocycles. The molecule has 0 saturated carbocycles. The fourth-order valence-electron chi connectivity index (χ4n) is 2.89. The maximum atomic E-state index is 9.22. The van der Waals surface area contributed by atoms with E-state index >= 15 is 0 Å². The van der Waals surface area contributed by atoms with E-state index in [4.69, 9.17) is 0 Å². The van der Waals surface area contributed by atoms with E-state index in [0.717, 1.165) is 32.0 Å². The van der Waals surface area contributed by atoms with Gasteiger partial charge in [-0.1, -0.05) is 6.92 Å². The highest BCUT2D eigenvalue weighted by molar-refractivity contribution is 5.03. The molecule has 1 heterocycles. The summed E-state index contributed by atoms with van der Waals surface area (Å²) < 4.78 is 0. The predicted molar refractivity (Wildman–Crippen MR) is 80.1 cm³/mol. The third-order valence-electron chi connectivity index (χ3n) is 4.25. The summed E-state index contributed by atoms with van der Waals surface area (Å²) in [5.74, 6) is 0. The first-order chi connectivity index (χ1) is 9.00. The van der Waals surface area contributed by atoms with Gasteiger partial charge in [-0.3, -0.25) is 5.32 Å². The molecule has 0 spiro atoms. The average molecular weight is 266 g/mol. The molecule has 19 heavy (non-hydrogen) atoms. The van der Waals surface area contributed by atoms with Gasteiger partial charge in [0.05, 0.1) is 6.07 Å². The first kappa shape index (κ1) is 16.4. The van der Waals surface area contributed by atoms with E-state index in [1.165, 1.54) is 25.9 Å². The molecule has 0 amide bonds. The molecule has 1 unspecified atom stereocenters. The van der Waals surface area contributed by atoms with Crippen LogP contribution >= 0.6 is 0 Å². The van der Waals surface area contributed by atoms with Crippen molar-refractivity contribution < 1.29 is 0 Å². The van der Waals surface area contributed by atoms with Crippen molar-refractivity contribution in [1.29, 1.82) is 5.26 Å². The van der Waals surface area contributed by atoms with Crippen LogP contribution in [0.2, 0.25) is 0 Å². The molecule has 0 aliphatic carbocycles. The van der Waals surface area contributed by atoms with Crippen LogP contribution in [0.15, 0.2) is 0 Å². The zero-order valence-electron chi connectivity index (χ0n) is 13.1. The second kappa shape index (κ2) is 7.84. The van der Waals surface area contributed by atoms with Crippen LogP contribution in [0.1, 0.15) is 39.5 Å². The number of nitriles is 1. The molecule has 4 heteroatoms. The highest BCUT2D eigenvalue weighted by atomic mass is 15.2. The summed E-state index contributed by atoms with van der Waals surface area (Å²) in [7, 11) is 4.35.